The van der Waals surface area contributed by atoms with Crippen LogP contribution in [0.15, 0.2) is 24.4 Å². The van der Waals surface area contributed by atoms with Crippen LogP contribution in [-0.2, 0) is 6.54 Å². The Morgan fingerprint density at radius 1 is 1.40 bits per heavy atom. The molecule has 0 aliphatic carbocycles. The van der Waals surface area contributed by atoms with Crippen LogP contribution in [0.5, 0.6) is 0 Å². The first-order valence-electron chi connectivity index (χ1n) is 5.02. The molecule has 0 saturated carbocycles. The Bertz CT molecular complexity index is 459. The fraction of sp³-hybridized carbons (Fsp3) is 0.364. The molecule has 0 spiro atoms. The molecule has 0 atom stereocenters. The first-order chi connectivity index (χ1) is 7.15. The van der Waals surface area contributed by atoms with E-state index in [9.17, 15) is 0 Å². The lowest BCUT2D eigenvalue weighted by molar-refractivity contribution is 0.374. The van der Waals surface area contributed by atoms with Crippen molar-refractivity contribution < 1.29 is 0 Å². The van der Waals surface area contributed by atoms with Crippen molar-refractivity contribution in [1.82, 2.24) is 14.7 Å². The molecule has 4 nitrogen and oxygen atoms in total. The van der Waals surface area contributed by atoms with Gasteiger partial charge in [-0.3, -0.25) is 4.68 Å². The van der Waals surface area contributed by atoms with Crippen molar-refractivity contribution in [2.75, 3.05) is 26.4 Å². The van der Waals surface area contributed by atoms with Crippen molar-refractivity contribution in [2.45, 2.75) is 6.54 Å². The SMILES string of the molecule is CN(C)CCn1cc2ccc(N)cc2n1. The van der Waals surface area contributed by atoms with Crippen LogP contribution in [0.4, 0.5) is 5.69 Å². The van der Waals surface area contributed by atoms with Crippen molar-refractivity contribution in [1.29, 1.82) is 0 Å². The molecule has 1 aromatic carbocycles. The predicted octanol–water partition coefficient (Wildman–Crippen LogP) is 1.18. The van der Waals surface area contributed by atoms with Gasteiger partial charge in [0, 0.05) is 23.8 Å². The predicted molar refractivity (Wildman–Crippen MR) is 62.7 cm³/mol. The number of nitrogens with zero attached hydrogens (tertiary/aromatic N) is 3. The number of nitrogen functional groups attached to an aromatic ring is 1. The average molecular weight is 204 g/mol. The van der Waals surface area contributed by atoms with Crippen molar-refractivity contribution in [3.63, 3.8) is 0 Å². The second-order valence-corrected chi connectivity index (χ2v) is 4.01. The van der Waals surface area contributed by atoms with E-state index < -0.39 is 0 Å². The highest BCUT2D eigenvalue weighted by atomic mass is 15.3. The minimum absolute atomic E-state index is 0.764. The maximum Gasteiger partial charge on any atom is 0.0943 e. The minimum Gasteiger partial charge on any atom is -0.399 e. The number of hydrogen-bond acceptors (Lipinski definition) is 3. The van der Waals surface area contributed by atoms with E-state index >= 15 is 0 Å². The summed E-state index contributed by atoms with van der Waals surface area (Å²) >= 11 is 0. The number of nitrogens with two attached hydrogens (primary N) is 1. The van der Waals surface area contributed by atoms with E-state index in [1.54, 1.807) is 0 Å². The minimum atomic E-state index is 0.764. The molecule has 0 amide bonds. The van der Waals surface area contributed by atoms with Crippen molar-refractivity contribution in [3.8, 4) is 0 Å². The summed E-state index contributed by atoms with van der Waals surface area (Å²) in [6.45, 7) is 1.89. The zero-order valence-electron chi connectivity index (χ0n) is 9.14. The zero-order chi connectivity index (χ0) is 10.8. The number of rotatable bonds is 3. The summed E-state index contributed by atoms with van der Waals surface area (Å²) in [5.74, 6) is 0. The van der Waals surface area contributed by atoms with E-state index in [4.69, 9.17) is 5.73 Å². The summed E-state index contributed by atoms with van der Waals surface area (Å²) in [5, 5.41) is 5.60. The number of fused-ring (bicyclic) bond motifs is 1. The Hall–Kier alpha value is -1.55. The highest BCUT2D eigenvalue weighted by Crippen LogP contribution is 2.15. The summed E-state index contributed by atoms with van der Waals surface area (Å²) < 4.78 is 1.96. The van der Waals surface area contributed by atoms with Crippen LogP contribution in [-0.4, -0.2) is 35.3 Å². The van der Waals surface area contributed by atoms with Crippen LogP contribution in [0.3, 0.4) is 0 Å². The lowest BCUT2D eigenvalue weighted by atomic mass is 10.2. The fourth-order valence-electron chi connectivity index (χ4n) is 1.50. The molecule has 2 rings (SSSR count). The first kappa shape index (κ1) is 9.98. The summed E-state index contributed by atoms with van der Waals surface area (Å²) in [6, 6.07) is 5.81. The van der Waals surface area contributed by atoms with E-state index in [-0.39, 0.29) is 0 Å². The summed E-state index contributed by atoms with van der Waals surface area (Å²) in [6.07, 6.45) is 2.05. The molecule has 1 heterocycles. The maximum absolute atomic E-state index is 5.70. The monoisotopic (exact) mass is 204 g/mol. The van der Waals surface area contributed by atoms with Gasteiger partial charge in [-0.05, 0) is 32.3 Å². The first-order valence-corrected chi connectivity index (χ1v) is 5.02. The van der Waals surface area contributed by atoms with Gasteiger partial charge in [-0.25, -0.2) is 0 Å². The molecule has 0 bridgehead atoms. The summed E-state index contributed by atoms with van der Waals surface area (Å²) in [5.41, 5.74) is 7.43. The maximum atomic E-state index is 5.70. The molecule has 0 aliphatic rings. The van der Waals surface area contributed by atoms with Crippen LogP contribution in [0.2, 0.25) is 0 Å². The van der Waals surface area contributed by atoms with Crippen molar-refractivity contribution in [2.24, 2.45) is 0 Å². The molecule has 0 aliphatic heterocycles. The summed E-state index contributed by atoms with van der Waals surface area (Å²) in [4.78, 5) is 2.14. The Kier molecular flexibility index (Phi) is 2.60. The molecule has 2 N–H and O–H groups in total. The fourth-order valence-corrected chi connectivity index (χ4v) is 1.50. The second kappa shape index (κ2) is 3.90. The van der Waals surface area contributed by atoms with Gasteiger partial charge in [-0.15, -0.1) is 0 Å². The van der Waals surface area contributed by atoms with Crippen molar-refractivity contribution in [3.05, 3.63) is 24.4 Å². The molecule has 1 aromatic heterocycles. The second-order valence-electron chi connectivity index (χ2n) is 4.01. The lowest BCUT2D eigenvalue weighted by Crippen LogP contribution is -2.18. The highest BCUT2D eigenvalue weighted by Gasteiger charge is 2.00. The quantitative estimate of drug-likeness (QED) is 0.764. The molecule has 4 heteroatoms. The Morgan fingerprint density at radius 2 is 2.20 bits per heavy atom. The average Bonchev–Trinajstić information content (AvgIpc) is 2.56. The Labute approximate surface area is 89.3 Å². The van der Waals surface area contributed by atoms with Gasteiger partial charge in [0.1, 0.15) is 0 Å². The van der Waals surface area contributed by atoms with Crippen LogP contribution in [0.25, 0.3) is 10.9 Å². The molecule has 0 unspecified atom stereocenters. The van der Waals surface area contributed by atoms with Gasteiger partial charge < -0.3 is 10.6 Å². The van der Waals surface area contributed by atoms with E-state index in [0.29, 0.717) is 0 Å². The third kappa shape index (κ3) is 2.27. The zero-order valence-corrected chi connectivity index (χ0v) is 9.14. The van der Waals surface area contributed by atoms with Crippen LogP contribution < -0.4 is 5.73 Å². The number of hydrogen-bond donors (Lipinski definition) is 1. The van der Waals surface area contributed by atoms with Gasteiger partial charge in [0.15, 0.2) is 0 Å². The van der Waals surface area contributed by atoms with Gasteiger partial charge >= 0.3 is 0 Å². The molecule has 80 valence electrons. The van der Waals surface area contributed by atoms with Gasteiger partial charge in [0.2, 0.25) is 0 Å². The van der Waals surface area contributed by atoms with E-state index in [0.717, 1.165) is 29.7 Å². The van der Waals surface area contributed by atoms with Crippen LogP contribution in [0, 0.1) is 0 Å². The molecule has 0 radical (unpaired) electrons. The topological polar surface area (TPSA) is 47.1 Å². The standard InChI is InChI=1S/C11H16N4/c1-14(2)5-6-15-8-9-3-4-10(12)7-11(9)13-15/h3-4,7-8H,5-6,12H2,1-2H3. The number of benzene rings is 1. The Balaban J connectivity index is 2.23. The van der Waals surface area contributed by atoms with Gasteiger partial charge in [-0.2, -0.15) is 5.10 Å². The third-order valence-electron chi connectivity index (χ3n) is 2.36. The molecule has 0 fully saturated rings. The Morgan fingerprint density at radius 3 is 2.93 bits per heavy atom. The van der Waals surface area contributed by atoms with E-state index in [2.05, 4.69) is 30.3 Å². The number of likely N-dealkylation sites (N-methyl/N-ethyl adjacent to an activating group) is 1. The van der Waals surface area contributed by atoms with E-state index in [1.165, 1.54) is 0 Å². The highest BCUT2D eigenvalue weighted by molar-refractivity contribution is 5.81. The molecule has 2 aromatic rings. The largest absolute Gasteiger partial charge is 0.399 e. The van der Waals surface area contributed by atoms with Gasteiger partial charge in [-0.1, -0.05) is 0 Å². The molecular formula is C11H16N4. The lowest BCUT2D eigenvalue weighted by Gasteiger charge is -2.08. The van der Waals surface area contributed by atoms with Crippen molar-refractivity contribution >= 4 is 16.6 Å². The van der Waals surface area contributed by atoms with Gasteiger partial charge in [0.05, 0.1) is 12.1 Å². The number of anilines is 1. The van der Waals surface area contributed by atoms with E-state index in [1.807, 2.05) is 22.9 Å². The van der Waals surface area contributed by atoms with Crippen LogP contribution >= 0.6 is 0 Å². The molecular weight excluding hydrogens is 188 g/mol. The molecule has 15 heavy (non-hydrogen) atoms. The third-order valence-corrected chi connectivity index (χ3v) is 2.36. The normalized spacial score (nSPS) is 11.4. The molecule has 0 saturated heterocycles. The van der Waals surface area contributed by atoms with Gasteiger partial charge in [0.25, 0.3) is 0 Å². The van der Waals surface area contributed by atoms with Crippen LogP contribution in [0.1, 0.15) is 0 Å². The smallest absolute Gasteiger partial charge is 0.0943 e. The summed E-state index contributed by atoms with van der Waals surface area (Å²) in [7, 11) is 4.11. The number of aromatic nitrogens is 2.